The summed E-state index contributed by atoms with van der Waals surface area (Å²) in [7, 11) is 0. The van der Waals surface area contributed by atoms with E-state index in [1.54, 1.807) is 36.4 Å². The molecule has 7 heteroatoms. The summed E-state index contributed by atoms with van der Waals surface area (Å²) in [5.74, 6) is -1.29. The fourth-order valence-electron chi connectivity index (χ4n) is 3.09. The highest BCUT2D eigenvalue weighted by atomic mass is 19.1. The van der Waals surface area contributed by atoms with Crippen LogP contribution in [0, 0.1) is 11.2 Å². The molecule has 1 saturated heterocycles. The molecule has 1 aliphatic heterocycles. The molecule has 0 aliphatic carbocycles. The Morgan fingerprint density at radius 1 is 1.11 bits per heavy atom. The number of nitrogens with one attached hydrogen (secondary N) is 1. The van der Waals surface area contributed by atoms with E-state index in [2.05, 4.69) is 5.32 Å². The summed E-state index contributed by atoms with van der Waals surface area (Å²) in [5.41, 5.74) is 0.0681. The monoisotopic (exact) mass is 387 g/mol. The fraction of sp³-hybridized carbons (Fsp3) is 0.333. The van der Waals surface area contributed by atoms with E-state index >= 15 is 0 Å². The molecule has 148 valence electrons. The summed E-state index contributed by atoms with van der Waals surface area (Å²) >= 11 is 0. The molecule has 0 atom stereocenters. The van der Waals surface area contributed by atoms with Crippen LogP contribution in [0.3, 0.4) is 0 Å². The third-order valence-electron chi connectivity index (χ3n) is 4.93. The minimum Gasteiger partial charge on any atom is -0.488 e. The Morgan fingerprint density at radius 3 is 2.46 bits per heavy atom. The van der Waals surface area contributed by atoms with E-state index in [-0.39, 0.29) is 19.0 Å². The van der Waals surface area contributed by atoms with Crippen LogP contribution in [0.25, 0.3) is 0 Å². The predicted molar refractivity (Wildman–Crippen MR) is 99.6 cm³/mol. The van der Waals surface area contributed by atoms with Gasteiger partial charge in [-0.25, -0.2) is 4.39 Å². The first-order valence-corrected chi connectivity index (χ1v) is 9.06. The van der Waals surface area contributed by atoms with Crippen molar-refractivity contribution in [1.29, 1.82) is 0 Å². The van der Waals surface area contributed by atoms with Gasteiger partial charge >= 0.3 is 5.97 Å². The Morgan fingerprint density at radius 2 is 1.79 bits per heavy atom. The van der Waals surface area contributed by atoms with E-state index in [1.165, 1.54) is 12.1 Å². The number of amides is 1. The van der Waals surface area contributed by atoms with E-state index < -0.39 is 17.3 Å². The van der Waals surface area contributed by atoms with Crippen molar-refractivity contribution >= 4 is 11.9 Å². The Kier molecular flexibility index (Phi) is 6.26. The number of benzene rings is 2. The molecule has 2 aromatic carbocycles. The molecule has 1 fully saturated rings. The van der Waals surface area contributed by atoms with Crippen LogP contribution >= 0.6 is 0 Å². The number of carbonyl (C=O) groups is 2. The number of carboxylic acid groups (broad SMARTS) is 1. The molecule has 28 heavy (non-hydrogen) atoms. The smallest absolute Gasteiger partial charge is 0.311 e. The molecule has 0 spiro atoms. The highest BCUT2D eigenvalue weighted by molar-refractivity contribution is 5.97. The van der Waals surface area contributed by atoms with Crippen LogP contribution in [0.1, 0.15) is 28.8 Å². The number of hydrogen-bond acceptors (Lipinski definition) is 4. The zero-order chi connectivity index (χ0) is 20.0. The second-order valence-electron chi connectivity index (χ2n) is 6.79. The van der Waals surface area contributed by atoms with Crippen LogP contribution in [-0.4, -0.2) is 36.7 Å². The number of halogens is 1. The van der Waals surface area contributed by atoms with Gasteiger partial charge in [-0.05, 0) is 42.7 Å². The van der Waals surface area contributed by atoms with Gasteiger partial charge < -0.3 is 19.9 Å². The van der Waals surface area contributed by atoms with Crippen molar-refractivity contribution in [2.75, 3.05) is 19.8 Å². The van der Waals surface area contributed by atoms with Crippen molar-refractivity contribution in [2.24, 2.45) is 5.41 Å². The van der Waals surface area contributed by atoms with Gasteiger partial charge in [0.15, 0.2) is 0 Å². The van der Waals surface area contributed by atoms with Gasteiger partial charge in [-0.3, -0.25) is 9.59 Å². The zero-order valence-corrected chi connectivity index (χ0v) is 15.3. The summed E-state index contributed by atoms with van der Waals surface area (Å²) in [5, 5.41) is 12.3. The first-order valence-electron chi connectivity index (χ1n) is 9.06. The molecule has 2 N–H and O–H groups in total. The van der Waals surface area contributed by atoms with E-state index in [0.29, 0.717) is 37.4 Å². The standard InChI is InChI=1S/C21H22FNO5/c22-16-7-5-15(6-8-16)13-28-18-4-2-1-3-17(18)19(24)23-14-21(20(25)26)9-11-27-12-10-21/h1-8H,9-14H2,(H,23,24)(H,25,26). The van der Waals surface area contributed by atoms with Crippen LogP contribution in [0.2, 0.25) is 0 Å². The highest BCUT2D eigenvalue weighted by Crippen LogP contribution is 2.30. The number of carbonyl (C=O) groups excluding carboxylic acids is 1. The Bertz CT molecular complexity index is 831. The molecular weight excluding hydrogens is 365 g/mol. The van der Waals surface area contributed by atoms with Crippen LogP contribution < -0.4 is 10.1 Å². The van der Waals surface area contributed by atoms with Gasteiger partial charge in [0.2, 0.25) is 0 Å². The predicted octanol–water partition coefficient (Wildman–Crippen LogP) is 3.02. The molecule has 0 radical (unpaired) electrons. The largest absolute Gasteiger partial charge is 0.488 e. The number of rotatable bonds is 7. The van der Waals surface area contributed by atoms with Gasteiger partial charge in [-0.15, -0.1) is 0 Å². The second kappa shape index (κ2) is 8.84. The van der Waals surface area contributed by atoms with Gasteiger partial charge in [0.05, 0.1) is 11.0 Å². The van der Waals surface area contributed by atoms with Gasteiger partial charge in [0, 0.05) is 19.8 Å². The summed E-state index contributed by atoms with van der Waals surface area (Å²) in [6.07, 6.45) is 0.705. The summed E-state index contributed by atoms with van der Waals surface area (Å²) in [6, 6.07) is 12.6. The third-order valence-corrected chi connectivity index (χ3v) is 4.93. The topological polar surface area (TPSA) is 84.9 Å². The normalized spacial score (nSPS) is 15.6. The lowest BCUT2D eigenvalue weighted by atomic mass is 9.80. The maximum Gasteiger partial charge on any atom is 0.311 e. The molecule has 0 bridgehead atoms. The Hall–Kier alpha value is -2.93. The number of aliphatic carboxylic acids is 1. The van der Waals surface area contributed by atoms with Crippen molar-refractivity contribution in [2.45, 2.75) is 19.4 Å². The maximum absolute atomic E-state index is 13.0. The van der Waals surface area contributed by atoms with Crippen molar-refractivity contribution < 1.29 is 28.6 Å². The summed E-state index contributed by atoms with van der Waals surface area (Å²) < 4.78 is 24.0. The van der Waals surface area contributed by atoms with Gasteiger partial charge in [-0.2, -0.15) is 0 Å². The van der Waals surface area contributed by atoms with Crippen molar-refractivity contribution in [1.82, 2.24) is 5.32 Å². The zero-order valence-electron chi connectivity index (χ0n) is 15.3. The number of para-hydroxylation sites is 1. The molecule has 1 aliphatic rings. The Labute approximate surface area is 162 Å². The molecule has 1 heterocycles. The minimum atomic E-state index is -1.02. The molecular formula is C21H22FNO5. The number of ether oxygens (including phenoxy) is 2. The van der Waals surface area contributed by atoms with Crippen LogP contribution in [-0.2, 0) is 16.1 Å². The first-order chi connectivity index (χ1) is 13.5. The SMILES string of the molecule is O=C(NCC1(C(=O)O)CCOCC1)c1ccccc1OCc1ccc(F)cc1. The minimum absolute atomic E-state index is 0.0246. The lowest BCUT2D eigenvalue weighted by Crippen LogP contribution is -2.46. The average Bonchev–Trinajstić information content (AvgIpc) is 2.72. The van der Waals surface area contributed by atoms with E-state index in [1.807, 2.05) is 0 Å². The molecule has 3 rings (SSSR count). The Balaban J connectivity index is 1.66. The first kappa shape index (κ1) is 19.8. The van der Waals surface area contributed by atoms with E-state index in [9.17, 15) is 19.1 Å². The van der Waals surface area contributed by atoms with Crippen LogP contribution in [0.4, 0.5) is 4.39 Å². The average molecular weight is 387 g/mol. The van der Waals surface area contributed by atoms with Gasteiger partial charge in [-0.1, -0.05) is 24.3 Å². The fourth-order valence-corrected chi connectivity index (χ4v) is 3.09. The molecule has 1 amide bonds. The quantitative estimate of drug-likeness (QED) is 0.763. The number of carboxylic acids is 1. The lowest BCUT2D eigenvalue weighted by molar-refractivity contribution is -0.154. The van der Waals surface area contributed by atoms with Gasteiger partial charge in [0.1, 0.15) is 18.2 Å². The molecule has 0 saturated carbocycles. The van der Waals surface area contributed by atoms with Crippen molar-refractivity contribution in [3.05, 3.63) is 65.5 Å². The number of hydrogen-bond donors (Lipinski definition) is 2. The van der Waals surface area contributed by atoms with Crippen molar-refractivity contribution in [3.63, 3.8) is 0 Å². The van der Waals surface area contributed by atoms with E-state index in [0.717, 1.165) is 5.56 Å². The third kappa shape index (κ3) is 4.67. The summed E-state index contributed by atoms with van der Waals surface area (Å²) in [4.78, 5) is 24.4. The molecule has 2 aromatic rings. The van der Waals surface area contributed by atoms with Gasteiger partial charge in [0.25, 0.3) is 5.91 Å². The van der Waals surface area contributed by atoms with Crippen LogP contribution in [0.15, 0.2) is 48.5 Å². The summed E-state index contributed by atoms with van der Waals surface area (Å²) in [6.45, 7) is 0.927. The van der Waals surface area contributed by atoms with Crippen LogP contribution in [0.5, 0.6) is 5.75 Å². The highest BCUT2D eigenvalue weighted by Gasteiger charge is 2.40. The maximum atomic E-state index is 13.0. The second-order valence-corrected chi connectivity index (χ2v) is 6.79. The lowest BCUT2D eigenvalue weighted by Gasteiger charge is -2.33. The molecule has 0 aromatic heterocycles. The molecule has 0 unspecified atom stereocenters. The van der Waals surface area contributed by atoms with Crippen molar-refractivity contribution in [3.8, 4) is 5.75 Å². The molecule has 6 nitrogen and oxygen atoms in total. The van der Waals surface area contributed by atoms with E-state index in [4.69, 9.17) is 9.47 Å².